The second-order valence-corrected chi connectivity index (χ2v) is 5.46. The maximum atomic E-state index is 13.5. The van der Waals surface area contributed by atoms with Crippen LogP contribution < -0.4 is 0 Å². The van der Waals surface area contributed by atoms with Gasteiger partial charge in [0.15, 0.2) is 0 Å². The highest BCUT2D eigenvalue weighted by Gasteiger charge is 2.22. The summed E-state index contributed by atoms with van der Waals surface area (Å²) >= 11 is 3.26. The number of likely N-dealkylation sites (tertiary alicyclic amines) is 1. The number of rotatable bonds is 2. The molecule has 0 saturated carbocycles. The smallest absolute Gasteiger partial charge is 0.227 e. The second-order valence-electron chi connectivity index (χ2n) is 4.55. The Kier molecular flexibility index (Phi) is 4.35. The van der Waals surface area contributed by atoms with Crippen LogP contribution in [0.15, 0.2) is 22.7 Å². The summed E-state index contributed by atoms with van der Waals surface area (Å²) in [6, 6.07) is 4.57. The van der Waals surface area contributed by atoms with Crippen molar-refractivity contribution in [3.05, 3.63) is 34.1 Å². The number of carbonyl (C=O) groups excluding carboxylic acids is 1. The summed E-state index contributed by atoms with van der Waals surface area (Å²) in [7, 11) is 0. The van der Waals surface area contributed by atoms with Gasteiger partial charge in [-0.15, -0.1) is 0 Å². The van der Waals surface area contributed by atoms with Gasteiger partial charge in [0.2, 0.25) is 5.91 Å². The van der Waals surface area contributed by atoms with E-state index in [-0.39, 0.29) is 18.1 Å². The zero-order valence-corrected chi connectivity index (χ0v) is 11.5. The molecule has 3 nitrogen and oxygen atoms in total. The summed E-state index contributed by atoms with van der Waals surface area (Å²) in [5, 5.41) is 9.52. The van der Waals surface area contributed by atoms with Crippen LogP contribution in [-0.2, 0) is 11.2 Å². The van der Waals surface area contributed by atoms with Gasteiger partial charge >= 0.3 is 0 Å². The highest BCUT2D eigenvalue weighted by Crippen LogP contribution is 2.18. The number of hydrogen-bond acceptors (Lipinski definition) is 2. The molecule has 0 spiro atoms. The zero-order valence-electron chi connectivity index (χ0n) is 9.90. The Hall–Kier alpha value is -0.940. The van der Waals surface area contributed by atoms with E-state index in [1.807, 2.05) is 0 Å². The number of piperidine rings is 1. The summed E-state index contributed by atoms with van der Waals surface area (Å²) in [4.78, 5) is 13.6. The zero-order chi connectivity index (χ0) is 13.1. The average Bonchev–Trinajstić information content (AvgIpc) is 2.34. The van der Waals surface area contributed by atoms with Crippen LogP contribution in [0.2, 0.25) is 0 Å². The maximum absolute atomic E-state index is 13.5. The van der Waals surface area contributed by atoms with E-state index in [1.165, 1.54) is 6.07 Å². The fourth-order valence-corrected chi connectivity index (χ4v) is 2.54. The molecule has 1 N–H and O–H groups in total. The number of nitrogens with zero attached hydrogens (tertiary/aromatic N) is 1. The summed E-state index contributed by atoms with van der Waals surface area (Å²) < 4.78 is 14.3. The Bertz CT molecular complexity index is 453. The molecule has 0 radical (unpaired) electrons. The van der Waals surface area contributed by atoms with Crippen molar-refractivity contribution >= 4 is 21.8 Å². The lowest BCUT2D eigenvalue weighted by molar-refractivity contribution is -0.133. The summed E-state index contributed by atoms with van der Waals surface area (Å²) in [6.07, 6.45) is 1.12. The van der Waals surface area contributed by atoms with Crippen LogP contribution >= 0.6 is 15.9 Å². The van der Waals surface area contributed by atoms with Crippen molar-refractivity contribution in [1.29, 1.82) is 0 Å². The molecule has 1 aromatic carbocycles. The van der Waals surface area contributed by atoms with Crippen LogP contribution in [0.3, 0.4) is 0 Å². The monoisotopic (exact) mass is 315 g/mol. The molecule has 2 rings (SSSR count). The molecule has 1 fully saturated rings. The lowest BCUT2D eigenvalue weighted by Gasteiger charge is -2.30. The number of hydrogen-bond donors (Lipinski definition) is 1. The number of benzene rings is 1. The molecular weight excluding hydrogens is 301 g/mol. The van der Waals surface area contributed by atoms with Gasteiger partial charge in [-0.1, -0.05) is 15.9 Å². The van der Waals surface area contributed by atoms with Gasteiger partial charge in [0.25, 0.3) is 0 Å². The second kappa shape index (κ2) is 5.80. The van der Waals surface area contributed by atoms with Crippen molar-refractivity contribution in [3.63, 3.8) is 0 Å². The van der Waals surface area contributed by atoms with E-state index >= 15 is 0 Å². The summed E-state index contributed by atoms with van der Waals surface area (Å²) in [5.41, 5.74) is 0.384. The first-order valence-electron chi connectivity index (χ1n) is 5.96. The molecule has 1 aliphatic heterocycles. The van der Waals surface area contributed by atoms with Crippen molar-refractivity contribution in [2.24, 2.45) is 0 Å². The van der Waals surface area contributed by atoms with Gasteiger partial charge in [-0.25, -0.2) is 4.39 Å². The number of aliphatic hydroxyl groups is 1. The molecule has 1 saturated heterocycles. The topological polar surface area (TPSA) is 40.5 Å². The molecule has 5 heteroatoms. The lowest BCUT2D eigenvalue weighted by Crippen LogP contribution is -2.42. The number of aliphatic hydroxyl groups excluding tert-OH is 1. The third-order valence-electron chi connectivity index (χ3n) is 3.10. The molecule has 0 bridgehead atoms. The Morgan fingerprint density at radius 1 is 1.56 bits per heavy atom. The quantitative estimate of drug-likeness (QED) is 0.908. The summed E-state index contributed by atoms with van der Waals surface area (Å²) in [6.45, 7) is 1.000. The fourth-order valence-electron chi connectivity index (χ4n) is 2.13. The summed E-state index contributed by atoms with van der Waals surface area (Å²) in [5.74, 6) is -0.505. The first-order valence-corrected chi connectivity index (χ1v) is 6.75. The lowest BCUT2D eigenvalue weighted by atomic mass is 10.1. The Labute approximate surface area is 114 Å². The molecule has 18 heavy (non-hydrogen) atoms. The number of carbonyl (C=O) groups is 1. The molecule has 1 unspecified atom stereocenters. The minimum atomic E-state index is -0.449. The Morgan fingerprint density at radius 3 is 3.06 bits per heavy atom. The standard InChI is InChI=1S/C13H15BrFNO2/c14-10-3-4-12(15)9(6-10)7-13(18)16-5-1-2-11(17)8-16/h3-4,6,11,17H,1-2,5,7-8H2. The van der Waals surface area contributed by atoms with Crippen LogP contribution in [0.5, 0.6) is 0 Å². The molecule has 1 heterocycles. The third-order valence-corrected chi connectivity index (χ3v) is 3.59. The van der Waals surface area contributed by atoms with E-state index in [0.29, 0.717) is 18.7 Å². The van der Waals surface area contributed by atoms with Gasteiger partial charge in [-0.2, -0.15) is 0 Å². The van der Waals surface area contributed by atoms with E-state index in [0.717, 1.165) is 17.3 Å². The first kappa shape index (κ1) is 13.5. The highest BCUT2D eigenvalue weighted by molar-refractivity contribution is 9.10. The fraction of sp³-hybridized carbons (Fsp3) is 0.462. The number of β-amino-alcohol motifs (C(OH)–C–C–N with tert-alkyl or cyclic N) is 1. The van der Waals surface area contributed by atoms with Gasteiger partial charge in [0.05, 0.1) is 12.5 Å². The SMILES string of the molecule is O=C(Cc1cc(Br)ccc1F)N1CCCC(O)C1. The van der Waals surface area contributed by atoms with Gasteiger partial charge in [-0.05, 0) is 36.6 Å². The molecular formula is C13H15BrFNO2. The Balaban J connectivity index is 2.04. The van der Waals surface area contributed by atoms with Crippen LogP contribution in [0, 0.1) is 5.82 Å². The van der Waals surface area contributed by atoms with E-state index in [9.17, 15) is 14.3 Å². The van der Waals surface area contributed by atoms with E-state index in [1.54, 1.807) is 17.0 Å². The predicted octanol–water partition coefficient (Wildman–Crippen LogP) is 2.11. The minimum absolute atomic E-state index is 0.0397. The van der Waals surface area contributed by atoms with Crippen LogP contribution in [0.4, 0.5) is 4.39 Å². The van der Waals surface area contributed by atoms with Crippen molar-refractivity contribution in [2.45, 2.75) is 25.4 Å². The van der Waals surface area contributed by atoms with Gasteiger partial charge in [0, 0.05) is 17.6 Å². The average molecular weight is 316 g/mol. The molecule has 0 aromatic heterocycles. The molecule has 1 amide bonds. The van der Waals surface area contributed by atoms with Crippen LogP contribution in [0.1, 0.15) is 18.4 Å². The first-order chi connectivity index (χ1) is 8.56. The van der Waals surface area contributed by atoms with Crippen LogP contribution in [-0.4, -0.2) is 35.1 Å². The number of amides is 1. The molecule has 1 aromatic rings. The minimum Gasteiger partial charge on any atom is -0.391 e. The normalized spacial score (nSPS) is 19.9. The van der Waals surface area contributed by atoms with Crippen LogP contribution in [0.25, 0.3) is 0 Å². The molecule has 98 valence electrons. The molecule has 1 aliphatic rings. The van der Waals surface area contributed by atoms with Gasteiger partial charge < -0.3 is 10.0 Å². The van der Waals surface area contributed by atoms with Gasteiger partial charge in [0.1, 0.15) is 5.82 Å². The van der Waals surface area contributed by atoms with Crippen molar-refractivity contribution in [3.8, 4) is 0 Å². The third kappa shape index (κ3) is 3.29. The predicted molar refractivity (Wildman–Crippen MR) is 69.6 cm³/mol. The van der Waals surface area contributed by atoms with E-state index < -0.39 is 6.10 Å². The molecule has 0 aliphatic carbocycles. The maximum Gasteiger partial charge on any atom is 0.227 e. The van der Waals surface area contributed by atoms with Crippen molar-refractivity contribution in [2.75, 3.05) is 13.1 Å². The van der Waals surface area contributed by atoms with Gasteiger partial charge in [-0.3, -0.25) is 4.79 Å². The Morgan fingerprint density at radius 2 is 2.33 bits per heavy atom. The number of halogens is 2. The van der Waals surface area contributed by atoms with Crippen molar-refractivity contribution < 1.29 is 14.3 Å². The molecule has 1 atom stereocenters. The van der Waals surface area contributed by atoms with E-state index in [2.05, 4.69) is 15.9 Å². The van der Waals surface area contributed by atoms with E-state index in [4.69, 9.17) is 0 Å². The largest absolute Gasteiger partial charge is 0.391 e. The highest BCUT2D eigenvalue weighted by atomic mass is 79.9. The van der Waals surface area contributed by atoms with Crippen molar-refractivity contribution in [1.82, 2.24) is 4.90 Å².